The molecule has 2 aliphatic rings. The largest absolute Gasteiger partial charge is 0.416 e. The third-order valence-electron chi connectivity index (χ3n) is 8.27. The summed E-state index contributed by atoms with van der Waals surface area (Å²) in [6.45, 7) is 4.61. The lowest BCUT2D eigenvalue weighted by Crippen LogP contribution is -2.56. The number of piperazine rings is 1. The van der Waals surface area contributed by atoms with Crippen molar-refractivity contribution < 1.29 is 31.1 Å². The molecule has 2 atom stereocenters. The van der Waals surface area contributed by atoms with E-state index in [9.17, 15) is 31.1 Å². The maximum absolute atomic E-state index is 13.6. The van der Waals surface area contributed by atoms with E-state index in [1.165, 1.54) is 10.5 Å². The van der Waals surface area contributed by atoms with Gasteiger partial charge in [-0.25, -0.2) is 0 Å². The van der Waals surface area contributed by atoms with E-state index in [1.54, 1.807) is 0 Å². The van der Waals surface area contributed by atoms with Crippen LogP contribution in [0.5, 0.6) is 0 Å². The predicted octanol–water partition coefficient (Wildman–Crippen LogP) is 6.76. The van der Waals surface area contributed by atoms with Crippen molar-refractivity contribution in [2.75, 3.05) is 32.7 Å². The van der Waals surface area contributed by atoms with Crippen molar-refractivity contribution in [1.29, 1.82) is 0 Å². The van der Waals surface area contributed by atoms with E-state index in [4.69, 9.17) is 0 Å². The number of piperidine rings is 1. The van der Waals surface area contributed by atoms with Gasteiger partial charge in [0.15, 0.2) is 0 Å². The quantitative estimate of drug-likeness (QED) is 0.298. The molecular formula is C32H33F6N3O. The molecule has 0 spiro atoms. The van der Waals surface area contributed by atoms with Gasteiger partial charge in [0.2, 0.25) is 0 Å². The van der Waals surface area contributed by atoms with Crippen LogP contribution >= 0.6 is 0 Å². The van der Waals surface area contributed by atoms with Crippen molar-refractivity contribution in [1.82, 2.24) is 14.7 Å². The van der Waals surface area contributed by atoms with Crippen molar-refractivity contribution in [3.8, 4) is 0 Å². The average molecular weight is 590 g/mol. The highest BCUT2D eigenvalue weighted by atomic mass is 19.4. The molecule has 42 heavy (non-hydrogen) atoms. The van der Waals surface area contributed by atoms with Gasteiger partial charge in [0.05, 0.1) is 11.1 Å². The Labute approximate surface area is 241 Å². The number of likely N-dealkylation sites (tertiary alicyclic amines) is 1. The van der Waals surface area contributed by atoms with Crippen LogP contribution in [0.25, 0.3) is 0 Å². The molecule has 10 heteroatoms. The maximum Gasteiger partial charge on any atom is 0.416 e. The summed E-state index contributed by atoms with van der Waals surface area (Å²) in [5.74, 6) is -0.807. The van der Waals surface area contributed by atoms with Gasteiger partial charge in [0.1, 0.15) is 0 Å². The molecule has 2 heterocycles. The molecule has 3 aromatic rings. The molecule has 0 N–H and O–H groups in total. The van der Waals surface area contributed by atoms with E-state index in [1.807, 2.05) is 48.5 Å². The molecule has 4 nitrogen and oxygen atoms in total. The zero-order valence-electron chi connectivity index (χ0n) is 23.0. The van der Waals surface area contributed by atoms with Gasteiger partial charge in [-0.05, 0) is 48.6 Å². The van der Waals surface area contributed by atoms with Crippen LogP contribution in [0.15, 0.2) is 78.9 Å². The number of hydrogen-bond acceptors (Lipinski definition) is 3. The Morgan fingerprint density at radius 3 is 1.81 bits per heavy atom. The minimum Gasteiger partial charge on any atom is -0.335 e. The Morgan fingerprint density at radius 2 is 1.26 bits per heavy atom. The summed E-state index contributed by atoms with van der Waals surface area (Å²) in [5, 5.41) is 0. The molecule has 1 amide bonds. The number of carbonyl (C=O) groups excluding carboxylic acids is 1. The van der Waals surface area contributed by atoms with Crippen molar-refractivity contribution in [3.63, 3.8) is 0 Å². The number of carbonyl (C=O) groups is 1. The second-order valence-electron chi connectivity index (χ2n) is 11.1. The van der Waals surface area contributed by atoms with Crippen molar-refractivity contribution in [2.24, 2.45) is 0 Å². The number of hydrogen-bond donors (Lipinski definition) is 0. The van der Waals surface area contributed by atoms with Gasteiger partial charge in [-0.15, -0.1) is 0 Å². The number of alkyl halides is 6. The summed E-state index contributed by atoms with van der Waals surface area (Å²) < 4.78 is 81.1. The third-order valence-corrected chi connectivity index (χ3v) is 8.27. The van der Waals surface area contributed by atoms with Crippen molar-refractivity contribution in [3.05, 3.63) is 107 Å². The van der Waals surface area contributed by atoms with Gasteiger partial charge in [0.25, 0.3) is 5.91 Å². The van der Waals surface area contributed by atoms with Crippen molar-refractivity contribution in [2.45, 2.75) is 50.2 Å². The van der Waals surface area contributed by atoms with Crippen LogP contribution in [-0.2, 0) is 25.3 Å². The van der Waals surface area contributed by atoms with Crippen LogP contribution in [0.3, 0.4) is 0 Å². The lowest BCUT2D eigenvalue weighted by atomic mass is 9.90. The zero-order valence-corrected chi connectivity index (χ0v) is 23.0. The lowest BCUT2D eigenvalue weighted by Gasteiger charge is -2.46. The van der Waals surface area contributed by atoms with Crippen molar-refractivity contribution >= 4 is 5.91 Å². The van der Waals surface area contributed by atoms with Crippen LogP contribution in [0.1, 0.15) is 45.5 Å². The third kappa shape index (κ3) is 7.33. The number of benzene rings is 3. The molecule has 2 aliphatic heterocycles. The molecule has 0 saturated carbocycles. The fourth-order valence-electron chi connectivity index (χ4n) is 6.08. The highest BCUT2D eigenvalue weighted by Gasteiger charge is 2.40. The number of halogens is 6. The molecule has 2 saturated heterocycles. The average Bonchev–Trinajstić information content (AvgIpc) is 2.97. The normalized spacial score (nSPS) is 21.0. The lowest BCUT2D eigenvalue weighted by molar-refractivity contribution is -0.143. The summed E-state index contributed by atoms with van der Waals surface area (Å²) in [6, 6.07) is 20.6. The van der Waals surface area contributed by atoms with Crippen LogP contribution < -0.4 is 0 Å². The number of amides is 1. The molecule has 0 bridgehead atoms. The molecule has 0 aromatic heterocycles. The standard InChI is InChI=1S/C32H33F6N3O/c33-31(34,35)26-18-25(19-27(20-26)32(36,37)38)30(42)41-12-11-28(21-29(41)17-23-7-3-1-4-8-23)40-15-13-39(14-16-40)22-24-9-5-2-6-10-24/h1-10,18-20,28-29H,11-17,21-22H2/t28-,29-/m1/s1. The molecule has 2 fully saturated rings. The maximum atomic E-state index is 13.6. The SMILES string of the molecule is O=C(c1cc(C(F)(F)F)cc(C(F)(F)F)c1)N1CC[C@@H](N2CCN(Cc3ccccc3)CC2)C[C@H]1Cc1ccccc1. The van der Waals surface area contributed by atoms with Gasteiger partial charge in [-0.1, -0.05) is 60.7 Å². The summed E-state index contributed by atoms with van der Waals surface area (Å²) in [6.07, 6.45) is -8.39. The van der Waals surface area contributed by atoms with E-state index in [2.05, 4.69) is 21.9 Å². The van der Waals surface area contributed by atoms with Gasteiger partial charge >= 0.3 is 12.4 Å². The predicted molar refractivity (Wildman–Crippen MR) is 148 cm³/mol. The Hall–Kier alpha value is -3.37. The van der Waals surface area contributed by atoms with E-state index < -0.39 is 35.0 Å². The number of rotatable bonds is 6. The first-order chi connectivity index (χ1) is 20.0. The summed E-state index contributed by atoms with van der Waals surface area (Å²) >= 11 is 0. The van der Waals surface area contributed by atoms with E-state index in [-0.39, 0.29) is 24.7 Å². The highest BCUT2D eigenvalue weighted by molar-refractivity contribution is 5.95. The second kappa shape index (κ2) is 12.5. The van der Waals surface area contributed by atoms with Crippen LogP contribution in [0.2, 0.25) is 0 Å². The molecule has 3 aromatic carbocycles. The second-order valence-corrected chi connectivity index (χ2v) is 11.1. The Balaban J connectivity index is 1.34. The molecule has 0 radical (unpaired) electrons. The Bertz CT molecular complexity index is 1310. The summed E-state index contributed by atoms with van der Waals surface area (Å²) in [4.78, 5) is 19.9. The van der Waals surface area contributed by atoms with E-state index in [0.717, 1.165) is 38.3 Å². The molecular weight excluding hydrogens is 556 g/mol. The van der Waals surface area contributed by atoms with E-state index in [0.29, 0.717) is 31.4 Å². The summed E-state index contributed by atoms with van der Waals surface area (Å²) in [7, 11) is 0. The van der Waals surface area contributed by atoms with Gasteiger partial charge in [-0.2, -0.15) is 26.3 Å². The van der Waals surface area contributed by atoms with Gasteiger partial charge in [0, 0.05) is 56.9 Å². The van der Waals surface area contributed by atoms with Gasteiger partial charge < -0.3 is 4.90 Å². The smallest absolute Gasteiger partial charge is 0.335 e. The first-order valence-corrected chi connectivity index (χ1v) is 14.1. The monoisotopic (exact) mass is 589 g/mol. The first kappa shape index (κ1) is 30.1. The first-order valence-electron chi connectivity index (χ1n) is 14.1. The Morgan fingerprint density at radius 1 is 0.714 bits per heavy atom. The highest BCUT2D eigenvalue weighted by Crippen LogP contribution is 2.37. The molecule has 5 rings (SSSR count). The fraction of sp³-hybridized carbons (Fsp3) is 0.406. The molecule has 224 valence electrons. The van der Waals surface area contributed by atoms with Gasteiger partial charge in [-0.3, -0.25) is 14.6 Å². The van der Waals surface area contributed by atoms with E-state index >= 15 is 0 Å². The summed E-state index contributed by atoms with van der Waals surface area (Å²) in [5.41, 5.74) is -1.35. The molecule has 0 unspecified atom stereocenters. The van der Waals surface area contributed by atoms with Crippen LogP contribution in [-0.4, -0.2) is 65.4 Å². The van der Waals surface area contributed by atoms with Crippen LogP contribution in [0.4, 0.5) is 26.3 Å². The van der Waals surface area contributed by atoms with Crippen LogP contribution in [0, 0.1) is 0 Å². The Kier molecular flexibility index (Phi) is 8.94. The fourth-order valence-corrected chi connectivity index (χ4v) is 6.08. The molecule has 0 aliphatic carbocycles. The zero-order chi connectivity index (χ0) is 29.9. The number of nitrogens with zero attached hydrogens (tertiary/aromatic N) is 3. The minimum atomic E-state index is -5.02. The minimum absolute atomic E-state index is 0.0574. The topological polar surface area (TPSA) is 26.8 Å².